The Hall–Kier alpha value is -2.68. The van der Waals surface area contributed by atoms with Crippen LogP contribution in [-0.4, -0.2) is 11.7 Å². The number of hydrogen-bond acceptors (Lipinski definition) is 2. The van der Waals surface area contributed by atoms with Crippen LogP contribution >= 0.6 is 0 Å². The molecule has 0 aromatic heterocycles. The molecule has 0 spiro atoms. The van der Waals surface area contributed by atoms with Gasteiger partial charge in [0.05, 0.1) is 5.69 Å². The van der Waals surface area contributed by atoms with Gasteiger partial charge in [-0.25, -0.2) is 0 Å². The highest BCUT2D eigenvalue weighted by molar-refractivity contribution is 6.14. The summed E-state index contributed by atoms with van der Waals surface area (Å²) < 4.78 is 0. The minimum Gasteiger partial charge on any atom is -0.322 e. The van der Waals surface area contributed by atoms with Gasteiger partial charge in [0.1, 0.15) is 0 Å². The first kappa shape index (κ1) is 13.7. The molecule has 1 N–H and O–H groups in total. The maximum absolute atomic E-state index is 12.4. The molecule has 3 nitrogen and oxygen atoms in total. The molecule has 2 rings (SSSR count). The molecule has 2 aromatic rings. The predicted octanol–water partition coefficient (Wildman–Crippen LogP) is 3.43. The van der Waals surface area contributed by atoms with E-state index in [4.69, 9.17) is 0 Å². The average Bonchev–Trinajstić information content (AvgIpc) is 2.48. The highest BCUT2D eigenvalue weighted by atomic mass is 16.1. The van der Waals surface area contributed by atoms with Crippen LogP contribution in [0.4, 0.5) is 5.69 Å². The third kappa shape index (κ3) is 3.20. The molecule has 0 saturated carbocycles. The highest BCUT2D eigenvalue weighted by Crippen LogP contribution is 2.19. The number of benzene rings is 2. The molecule has 0 aliphatic rings. The van der Waals surface area contributed by atoms with Crippen LogP contribution in [0, 0.1) is 0 Å². The number of carbonyl (C=O) groups is 2. The van der Waals surface area contributed by atoms with E-state index in [-0.39, 0.29) is 11.7 Å². The smallest absolute Gasteiger partial charge is 0.248 e. The molecule has 0 aliphatic heterocycles. The van der Waals surface area contributed by atoms with Crippen LogP contribution in [0.5, 0.6) is 0 Å². The Labute approximate surface area is 117 Å². The summed E-state index contributed by atoms with van der Waals surface area (Å²) in [7, 11) is 0. The van der Waals surface area contributed by atoms with E-state index in [0.29, 0.717) is 16.8 Å². The first-order chi connectivity index (χ1) is 9.72. The van der Waals surface area contributed by atoms with Crippen molar-refractivity contribution in [3.05, 3.63) is 77.9 Å². The molecular formula is C17H15NO2. The molecule has 2 aromatic carbocycles. The largest absolute Gasteiger partial charge is 0.322 e. The van der Waals surface area contributed by atoms with Gasteiger partial charge in [0, 0.05) is 11.1 Å². The summed E-state index contributed by atoms with van der Waals surface area (Å²) in [6.07, 6.45) is 3.07. The van der Waals surface area contributed by atoms with E-state index < -0.39 is 0 Å². The lowest BCUT2D eigenvalue weighted by atomic mass is 10.0. The van der Waals surface area contributed by atoms with Gasteiger partial charge in [-0.15, -0.1) is 0 Å². The molecule has 3 heteroatoms. The van der Waals surface area contributed by atoms with Crippen LogP contribution in [-0.2, 0) is 4.79 Å². The minimum atomic E-state index is -0.249. The summed E-state index contributed by atoms with van der Waals surface area (Å²) in [5.41, 5.74) is 1.60. The number of allylic oxidation sites excluding steroid dienone is 1. The Bertz CT molecular complexity index is 645. The van der Waals surface area contributed by atoms with Crippen molar-refractivity contribution in [2.24, 2.45) is 0 Å². The van der Waals surface area contributed by atoms with Gasteiger partial charge in [-0.3, -0.25) is 9.59 Å². The van der Waals surface area contributed by atoms with Gasteiger partial charge in [-0.1, -0.05) is 48.5 Å². The van der Waals surface area contributed by atoms with E-state index in [1.807, 2.05) is 18.2 Å². The summed E-state index contributed by atoms with van der Waals surface area (Å²) in [6.45, 7) is 1.76. The fourth-order valence-corrected chi connectivity index (χ4v) is 1.86. The lowest BCUT2D eigenvalue weighted by molar-refractivity contribution is -0.111. The number of para-hydroxylation sites is 1. The molecule has 0 saturated heterocycles. The third-order valence-corrected chi connectivity index (χ3v) is 2.78. The van der Waals surface area contributed by atoms with Gasteiger partial charge in [-0.05, 0) is 25.1 Å². The Balaban J connectivity index is 2.33. The molecular weight excluding hydrogens is 250 g/mol. The van der Waals surface area contributed by atoms with Crippen LogP contribution in [0.1, 0.15) is 22.8 Å². The van der Waals surface area contributed by atoms with Gasteiger partial charge in [0.15, 0.2) is 5.78 Å². The van der Waals surface area contributed by atoms with Crippen molar-refractivity contribution in [3.8, 4) is 0 Å². The second-order valence-corrected chi connectivity index (χ2v) is 4.23. The number of ketones is 1. The molecule has 0 bridgehead atoms. The Morgan fingerprint density at radius 1 is 0.950 bits per heavy atom. The molecule has 1 amide bonds. The highest BCUT2D eigenvalue weighted by Gasteiger charge is 2.13. The molecule has 100 valence electrons. The quantitative estimate of drug-likeness (QED) is 0.680. The topological polar surface area (TPSA) is 46.2 Å². The molecule has 0 fully saturated rings. The number of rotatable bonds is 4. The van der Waals surface area contributed by atoms with E-state index in [2.05, 4.69) is 5.32 Å². The van der Waals surface area contributed by atoms with Gasteiger partial charge in [-0.2, -0.15) is 0 Å². The molecule has 0 heterocycles. The first-order valence-corrected chi connectivity index (χ1v) is 6.35. The van der Waals surface area contributed by atoms with E-state index in [1.54, 1.807) is 49.4 Å². The fraction of sp³-hybridized carbons (Fsp3) is 0.0588. The maximum atomic E-state index is 12.4. The summed E-state index contributed by atoms with van der Waals surface area (Å²) in [6, 6.07) is 16.0. The number of anilines is 1. The van der Waals surface area contributed by atoms with Crippen molar-refractivity contribution in [3.63, 3.8) is 0 Å². The van der Waals surface area contributed by atoms with Gasteiger partial charge >= 0.3 is 0 Å². The molecule has 0 unspecified atom stereocenters. The summed E-state index contributed by atoms with van der Waals surface area (Å²) in [5, 5.41) is 2.72. The summed E-state index contributed by atoms with van der Waals surface area (Å²) in [4.78, 5) is 24.1. The molecule has 0 atom stereocenters. The van der Waals surface area contributed by atoms with Gasteiger partial charge in [0.2, 0.25) is 5.91 Å². The zero-order chi connectivity index (χ0) is 14.4. The van der Waals surface area contributed by atoms with Crippen LogP contribution < -0.4 is 5.32 Å². The average molecular weight is 265 g/mol. The zero-order valence-electron chi connectivity index (χ0n) is 11.2. The van der Waals surface area contributed by atoms with Crippen molar-refractivity contribution in [2.45, 2.75) is 6.92 Å². The lowest BCUT2D eigenvalue weighted by Gasteiger charge is -2.09. The molecule has 0 radical (unpaired) electrons. The van der Waals surface area contributed by atoms with Gasteiger partial charge < -0.3 is 5.32 Å². The fourth-order valence-electron chi connectivity index (χ4n) is 1.86. The van der Waals surface area contributed by atoms with E-state index in [0.717, 1.165) is 0 Å². The Morgan fingerprint density at radius 3 is 2.30 bits per heavy atom. The normalized spacial score (nSPS) is 10.4. The van der Waals surface area contributed by atoms with Crippen molar-refractivity contribution < 1.29 is 9.59 Å². The van der Waals surface area contributed by atoms with E-state index >= 15 is 0 Å². The zero-order valence-corrected chi connectivity index (χ0v) is 11.2. The number of nitrogens with one attached hydrogen (secondary N) is 1. The maximum Gasteiger partial charge on any atom is 0.248 e. The van der Waals surface area contributed by atoms with E-state index in [1.165, 1.54) is 6.08 Å². The molecule has 0 aliphatic carbocycles. The number of carbonyl (C=O) groups excluding carboxylic acids is 2. The predicted molar refractivity (Wildman–Crippen MR) is 79.8 cm³/mol. The third-order valence-electron chi connectivity index (χ3n) is 2.78. The van der Waals surface area contributed by atoms with Crippen molar-refractivity contribution in [1.29, 1.82) is 0 Å². The Kier molecular flexibility index (Phi) is 4.45. The van der Waals surface area contributed by atoms with Crippen LogP contribution in [0.25, 0.3) is 0 Å². The van der Waals surface area contributed by atoms with Crippen LogP contribution in [0.3, 0.4) is 0 Å². The second kappa shape index (κ2) is 6.48. The Morgan fingerprint density at radius 2 is 1.60 bits per heavy atom. The first-order valence-electron chi connectivity index (χ1n) is 6.35. The minimum absolute atomic E-state index is 0.109. The van der Waals surface area contributed by atoms with Crippen molar-refractivity contribution in [1.82, 2.24) is 0 Å². The summed E-state index contributed by atoms with van der Waals surface area (Å²) >= 11 is 0. The summed E-state index contributed by atoms with van der Waals surface area (Å²) in [5.74, 6) is -0.359. The van der Waals surface area contributed by atoms with Crippen molar-refractivity contribution in [2.75, 3.05) is 5.32 Å². The molecule has 20 heavy (non-hydrogen) atoms. The van der Waals surface area contributed by atoms with Crippen molar-refractivity contribution >= 4 is 17.4 Å². The number of hydrogen-bond donors (Lipinski definition) is 1. The van der Waals surface area contributed by atoms with Crippen LogP contribution in [0.2, 0.25) is 0 Å². The lowest BCUT2D eigenvalue weighted by Crippen LogP contribution is -2.12. The van der Waals surface area contributed by atoms with E-state index in [9.17, 15) is 9.59 Å². The van der Waals surface area contributed by atoms with Crippen LogP contribution in [0.15, 0.2) is 66.7 Å². The van der Waals surface area contributed by atoms with Gasteiger partial charge in [0.25, 0.3) is 0 Å². The second-order valence-electron chi connectivity index (χ2n) is 4.23. The number of amides is 1. The monoisotopic (exact) mass is 265 g/mol. The standard InChI is InChI=1S/C17H15NO2/c1-2-8-16(19)18-15-12-7-6-11-14(15)17(20)13-9-4-3-5-10-13/h2-12H,1H3,(H,18,19)/b8-2+. The SMILES string of the molecule is C/C=C/C(=O)Nc1ccccc1C(=O)c1ccccc1.